The van der Waals surface area contributed by atoms with Gasteiger partial charge in [0.1, 0.15) is 5.75 Å². The molecule has 0 unspecified atom stereocenters. The van der Waals surface area contributed by atoms with Crippen molar-refractivity contribution in [2.45, 2.75) is 19.3 Å². The van der Waals surface area contributed by atoms with Gasteiger partial charge in [0, 0.05) is 10.8 Å². The van der Waals surface area contributed by atoms with Crippen LogP contribution in [0.15, 0.2) is 48.5 Å². The van der Waals surface area contributed by atoms with Gasteiger partial charge in [0.2, 0.25) is 0 Å². The molecule has 0 radical (unpaired) electrons. The molecule has 0 atom stereocenters. The molecule has 24 heavy (non-hydrogen) atoms. The van der Waals surface area contributed by atoms with Gasteiger partial charge < -0.3 is 9.84 Å². The summed E-state index contributed by atoms with van der Waals surface area (Å²) in [6.07, 6.45) is 0. The number of phenols is 1. The minimum atomic E-state index is -0.405. The van der Waals surface area contributed by atoms with E-state index in [0.717, 1.165) is 16.5 Å². The lowest BCUT2D eigenvalue weighted by Crippen LogP contribution is -2.14. The molecule has 0 amide bonds. The molecule has 1 aliphatic carbocycles. The molecule has 1 aliphatic rings. The number of esters is 1. The number of carbonyl (C=O) groups is 1. The van der Waals surface area contributed by atoms with Gasteiger partial charge in [-0.15, -0.1) is 0 Å². The van der Waals surface area contributed by atoms with Crippen LogP contribution in [-0.2, 0) is 10.2 Å². The smallest absolute Gasteiger partial charge is 0.337 e. The van der Waals surface area contributed by atoms with Crippen LogP contribution in [0.3, 0.4) is 0 Å². The van der Waals surface area contributed by atoms with Crippen LogP contribution >= 0.6 is 0 Å². The van der Waals surface area contributed by atoms with Crippen LogP contribution in [0, 0.1) is 0 Å². The Morgan fingerprint density at radius 1 is 1.00 bits per heavy atom. The van der Waals surface area contributed by atoms with Gasteiger partial charge in [0.05, 0.1) is 12.7 Å². The normalized spacial score (nSPS) is 14.3. The first-order valence-electron chi connectivity index (χ1n) is 7.93. The van der Waals surface area contributed by atoms with Gasteiger partial charge in [-0.3, -0.25) is 0 Å². The molecule has 3 heteroatoms. The van der Waals surface area contributed by atoms with Crippen LogP contribution in [0.1, 0.15) is 35.3 Å². The van der Waals surface area contributed by atoms with Gasteiger partial charge in [0.25, 0.3) is 0 Å². The Morgan fingerprint density at radius 3 is 2.50 bits per heavy atom. The Bertz CT molecular complexity index is 999. The first-order valence-corrected chi connectivity index (χ1v) is 7.93. The average Bonchev–Trinajstić information content (AvgIpc) is 2.82. The average molecular weight is 318 g/mol. The summed E-state index contributed by atoms with van der Waals surface area (Å²) in [6, 6.07) is 15.5. The molecule has 4 rings (SSSR count). The van der Waals surface area contributed by atoms with Gasteiger partial charge in [-0.25, -0.2) is 4.79 Å². The quantitative estimate of drug-likeness (QED) is 0.665. The zero-order valence-corrected chi connectivity index (χ0v) is 13.9. The summed E-state index contributed by atoms with van der Waals surface area (Å²) in [5, 5.41) is 12.2. The van der Waals surface area contributed by atoms with Gasteiger partial charge in [-0.05, 0) is 45.8 Å². The second-order valence-electron chi connectivity index (χ2n) is 6.74. The zero-order chi connectivity index (χ0) is 17.1. The van der Waals surface area contributed by atoms with E-state index < -0.39 is 5.97 Å². The lowest BCUT2D eigenvalue weighted by atomic mass is 9.82. The minimum absolute atomic E-state index is 0.168. The Labute approximate surface area is 140 Å². The van der Waals surface area contributed by atoms with Gasteiger partial charge >= 0.3 is 5.97 Å². The molecule has 0 fully saturated rings. The standard InChI is InChI=1S/C21H18O3/c1-21(2)16-7-5-4-6-14(16)19-13-9-8-12(20(23)24-3)10-15(13)18(22)11-17(19)21/h4-11,22H,1-3H3. The number of carbonyl (C=O) groups excluding carboxylic acids is 1. The highest BCUT2D eigenvalue weighted by Crippen LogP contribution is 2.52. The lowest BCUT2D eigenvalue weighted by Gasteiger charge is -2.22. The topological polar surface area (TPSA) is 46.5 Å². The summed E-state index contributed by atoms with van der Waals surface area (Å²) < 4.78 is 4.79. The van der Waals surface area contributed by atoms with E-state index in [1.165, 1.54) is 18.2 Å². The van der Waals surface area contributed by atoms with Crippen LogP contribution in [0.5, 0.6) is 5.75 Å². The van der Waals surface area contributed by atoms with E-state index in [4.69, 9.17) is 4.74 Å². The summed E-state index contributed by atoms with van der Waals surface area (Å²) in [7, 11) is 1.36. The maximum atomic E-state index is 11.8. The van der Waals surface area contributed by atoms with E-state index >= 15 is 0 Å². The molecule has 0 bridgehead atoms. The van der Waals surface area contributed by atoms with Crippen molar-refractivity contribution >= 4 is 16.7 Å². The summed E-state index contributed by atoms with van der Waals surface area (Å²) in [5.41, 5.74) is 4.96. The summed E-state index contributed by atoms with van der Waals surface area (Å²) in [5.74, 6) is -0.215. The second kappa shape index (κ2) is 4.84. The van der Waals surface area contributed by atoms with Crippen molar-refractivity contribution in [2.24, 2.45) is 0 Å². The Balaban J connectivity index is 2.10. The Hall–Kier alpha value is -2.81. The highest BCUT2D eigenvalue weighted by Gasteiger charge is 2.36. The molecular formula is C21H18O3. The van der Waals surface area contributed by atoms with Crippen LogP contribution in [0.25, 0.3) is 21.9 Å². The Morgan fingerprint density at radius 2 is 1.75 bits per heavy atom. The van der Waals surface area contributed by atoms with Gasteiger partial charge in [0.15, 0.2) is 0 Å². The van der Waals surface area contributed by atoms with Crippen molar-refractivity contribution in [3.8, 4) is 16.9 Å². The molecule has 0 saturated carbocycles. The van der Waals surface area contributed by atoms with Crippen LogP contribution in [0.4, 0.5) is 0 Å². The molecule has 120 valence electrons. The number of benzene rings is 3. The maximum absolute atomic E-state index is 11.8. The van der Waals surface area contributed by atoms with E-state index in [2.05, 4.69) is 26.0 Å². The van der Waals surface area contributed by atoms with E-state index in [0.29, 0.717) is 10.9 Å². The number of rotatable bonds is 1. The summed E-state index contributed by atoms with van der Waals surface area (Å²) in [4.78, 5) is 11.8. The fourth-order valence-corrected chi connectivity index (χ4v) is 3.83. The highest BCUT2D eigenvalue weighted by atomic mass is 16.5. The zero-order valence-electron chi connectivity index (χ0n) is 13.9. The number of hydrogen-bond donors (Lipinski definition) is 1. The molecule has 0 aliphatic heterocycles. The number of fused-ring (bicyclic) bond motifs is 5. The second-order valence-corrected chi connectivity index (χ2v) is 6.74. The number of methoxy groups -OCH3 is 1. The van der Waals surface area contributed by atoms with Crippen molar-refractivity contribution in [2.75, 3.05) is 7.11 Å². The number of hydrogen-bond acceptors (Lipinski definition) is 3. The van der Waals surface area contributed by atoms with E-state index in [-0.39, 0.29) is 11.2 Å². The highest BCUT2D eigenvalue weighted by molar-refractivity contribution is 6.07. The lowest BCUT2D eigenvalue weighted by molar-refractivity contribution is 0.0601. The molecule has 1 N–H and O–H groups in total. The molecule has 3 nitrogen and oxygen atoms in total. The third-order valence-electron chi connectivity index (χ3n) is 5.08. The number of phenolic OH excluding ortho intramolecular Hbond substituents is 1. The van der Waals surface area contributed by atoms with Gasteiger partial charge in [-0.2, -0.15) is 0 Å². The first kappa shape index (κ1) is 14.8. The fourth-order valence-electron chi connectivity index (χ4n) is 3.83. The summed E-state index contributed by atoms with van der Waals surface area (Å²) >= 11 is 0. The van der Waals surface area contributed by atoms with Crippen molar-refractivity contribution in [3.05, 3.63) is 65.2 Å². The van der Waals surface area contributed by atoms with Gasteiger partial charge in [-0.1, -0.05) is 44.2 Å². The minimum Gasteiger partial charge on any atom is -0.507 e. The van der Waals surface area contributed by atoms with Crippen LogP contribution in [-0.4, -0.2) is 18.2 Å². The van der Waals surface area contributed by atoms with Crippen molar-refractivity contribution in [1.29, 1.82) is 0 Å². The van der Waals surface area contributed by atoms with E-state index in [1.54, 1.807) is 12.1 Å². The molecule has 0 saturated heterocycles. The monoisotopic (exact) mass is 318 g/mol. The molecule has 0 heterocycles. The van der Waals surface area contributed by atoms with E-state index in [1.807, 2.05) is 24.3 Å². The third-order valence-corrected chi connectivity index (χ3v) is 5.08. The van der Waals surface area contributed by atoms with Crippen molar-refractivity contribution in [1.82, 2.24) is 0 Å². The van der Waals surface area contributed by atoms with E-state index in [9.17, 15) is 9.90 Å². The molecule has 0 spiro atoms. The molecular weight excluding hydrogens is 300 g/mol. The first-order chi connectivity index (χ1) is 11.4. The Kier molecular flexibility index (Phi) is 2.98. The van der Waals surface area contributed by atoms with Crippen LogP contribution in [0.2, 0.25) is 0 Å². The van der Waals surface area contributed by atoms with Crippen LogP contribution < -0.4 is 0 Å². The summed E-state index contributed by atoms with van der Waals surface area (Å²) in [6.45, 7) is 4.34. The number of aromatic hydroxyl groups is 1. The van der Waals surface area contributed by atoms with Crippen molar-refractivity contribution < 1.29 is 14.6 Å². The largest absolute Gasteiger partial charge is 0.507 e. The molecule has 0 aromatic heterocycles. The van der Waals surface area contributed by atoms with Crippen molar-refractivity contribution in [3.63, 3.8) is 0 Å². The third kappa shape index (κ3) is 1.81. The molecule has 3 aromatic carbocycles. The maximum Gasteiger partial charge on any atom is 0.337 e. The SMILES string of the molecule is COC(=O)c1ccc2c3c(cc(O)c2c1)C(C)(C)c1ccccc1-3. The fraction of sp³-hybridized carbons (Fsp3) is 0.190. The number of ether oxygens (including phenoxy) is 1. The predicted molar refractivity (Wildman–Crippen MR) is 94.5 cm³/mol. The predicted octanol–water partition coefficient (Wildman–Crippen LogP) is 4.64. The molecule has 3 aromatic rings.